The van der Waals surface area contributed by atoms with Gasteiger partial charge in [-0.3, -0.25) is 4.79 Å². The molecule has 2 unspecified atom stereocenters. The van der Waals surface area contributed by atoms with Crippen LogP contribution >= 0.6 is 0 Å². The average Bonchev–Trinajstić information content (AvgIpc) is 2.92. The monoisotopic (exact) mass is 268 g/mol. The Hall–Kier alpha value is -1.97. The molecule has 0 aliphatic carbocycles. The molecule has 2 aromatic rings. The summed E-state index contributed by atoms with van der Waals surface area (Å²) in [7, 11) is 0. The van der Waals surface area contributed by atoms with E-state index in [0.29, 0.717) is 12.2 Å². The van der Waals surface area contributed by atoms with E-state index in [1.807, 2.05) is 55.5 Å². The van der Waals surface area contributed by atoms with Crippen LogP contribution in [0, 0.1) is 0 Å². The smallest absolute Gasteiger partial charge is 0.261 e. The summed E-state index contributed by atoms with van der Waals surface area (Å²) < 4.78 is 11.7. The second kappa shape index (κ2) is 5.19. The molecule has 2 aromatic carbocycles. The summed E-state index contributed by atoms with van der Waals surface area (Å²) in [5.41, 5.74) is 1.32. The highest BCUT2D eigenvalue weighted by molar-refractivity contribution is 6.02. The summed E-state index contributed by atoms with van der Waals surface area (Å²) in [4.78, 5) is 12.9. The molecule has 1 aliphatic rings. The molecular weight excluding hydrogens is 252 g/mol. The van der Waals surface area contributed by atoms with Gasteiger partial charge in [0, 0.05) is 11.1 Å². The van der Waals surface area contributed by atoms with Gasteiger partial charge in [-0.15, -0.1) is 0 Å². The summed E-state index contributed by atoms with van der Waals surface area (Å²) in [6.07, 6.45) is -0.108. The maximum Gasteiger partial charge on any atom is 0.261 e. The minimum absolute atomic E-state index is 0.108. The van der Waals surface area contributed by atoms with Gasteiger partial charge in [0.2, 0.25) is 5.78 Å². The van der Waals surface area contributed by atoms with E-state index in [9.17, 15) is 4.79 Å². The SMILES string of the molecule is CC1COC(C(=O)c2ccccc2)(c2ccccc2)O1. The van der Waals surface area contributed by atoms with E-state index in [1.54, 1.807) is 12.1 Å². The van der Waals surface area contributed by atoms with Crippen LogP contribution in [0.5, 0.6) is 0 Å². The van der Waals surface area contributed by atoms with Crippen LogP contribution in [-0.2, 0) is 15.3 Å². The summed E-state index contributed by atoms with van der Waals surface area (Å²) in [6, 6.07) is 18.5. The van der Waals surface area contributed by atoms with Gasteiger partial charge in [0.1, 0.15) is 0 Å². The Labute approximate surface area is 118 Å². The first-order valence-electron chi connectivity index (χ1n) is 6.69. The zero-order chi connectivity index (χ0) is 14.0. The zero-order valence-corrected chi connectivity index (χ0v) is 11.3. The maximum atomic E-state index is 12.9. The topological polar surface area (TPSA) is 35.5 Å². The molecule has 3 heteroatoms. The van der Waals surface area contributed by atoms with Crippen molar-refractivity contribution in [3.63, 3.8) is 0 Å². The first-order chi connectivity index (χ1) is 9.72. The van der Waals surface area contributed by atoms with Gasteiger partial charge in [-0.2, -0.15) is 0 Å². The van der Waals surface area contributed by atoms with Gasteiger partial charge < -0.3 is 9.47 Å². The third-order valence-corrected chi connectivity index (χ3v) is 3.38. The molecule has 1 heterocycles. The van der Waals surface area contributed by atoms with Gasteiger partial charge in [-0.25, -0.2) is 0 Å². The van der Waals surface area contributed by atoms with E-state index in [-0.39, 0.29) is 11.9 Å². The van der Waals surface area contributed by atoms with E-state index in [0.717, 1.165) is 5.56 Å². The molecule has 0 amide bonds. The number of benzene rings is 2. The second-order valence-corrected chi connectivity index (χ2v) is 4.92. The number of carbonyl (C=O) groups is 1. The van der Waals surface area contributed by atoms with E-state index in [4.69, 9.17) is 9.47 Å². The first kappa shape index (κ1) is 13.0. The molecular formula is C17H16O3. The lowest BCUT2D eigenvalue weighted by Gasteiger charge is -2.26. The van der Waals surface area contributed by atoms with Crippen molar-refractivity contribution < 1.29 is 14.3 Å². The molecule has 1 fully saturated rings. The van der Waals surface area contributed by atoms with Crippen LogP contribution in [0.25, 0.3) is 0 Å². The van der Waals surface area contributed by atoms with Crippen molar-refractivity contribution in [1.29, 1.82) is 0 Å². The lowest BCUT2D eigenvalue weighted by Crippen LogP contribution is -2.37. The largest absolute Gasteiger partial charge is 0.337 e. The van der Waals surface area contributed by atoms with E-state index in [1.165, 1.54) is 0 Å². The van der Waals surface area contributed by atoms with Crippen LogP contribution in [0.1, 0.15) is 22.8 Å². The highest BCUT2D eigenvalue weighted by atomic mass is 16.7. The summed E-state index contributed by atoms with van der Waals surface area (Å²) >= 11 is 0. The molecule has 3 rings (SSSR count). The molecule has 0 N–H and O–H groups in total. The van der Waals surface area contributed by atoms with Crippen molar-refractivity contribution in [2.75, 3.05) is 6.61 Å². The van der Waals surface area contributed by atoms with Gasteiger partial charge in [0.05, 0.1) is 12.7 Å². The van der Waals surface area contributed by atoms with Crippen LogP contribution in [0.3, 0.4) is 0 Å². The minimum atomic E-state index is -1.32. The third kappa shape index (κ3) is 2.15. The Morgan fingerprint density at radius 2 is 1.65 bits per heavy atom. The minimum Gasteiger partial charge on any atom is -0.337 e. The summed E-state index contributed by atoms with van der Waals surface area (Å²) in [6.45, 7) is 2.32. The Morgan fingerprint density at radius 3 is 2.20 bits per heavy atom. The van der Waals surface area contributed by atoms with Crippen LogP contribution in [0.4, 0.5) is 0 Å². The van der Waals surface area contributed by atoms with Crippen molar-refractivity contribution in [2.24, 2.45) is 0 Å². The van der Waals surface area contributed by atoms with Crippen LogP contribution in [-0.4, -0.2) is 18.5 Å². The van der Waals surface area contributed by atoms with Crippen molar-refractivity contribution in [1.82, 2.24) is 0 Å². The molecule has 0 aromatic heterocycles. The van der Waals surface area contributed by atoms with Gasteiger partial charge in [0.25, 0.3) is 5.79 Å². The van der Waals surface area contributed by atoms with Gasteiger partial charge in [0.15, 0.2) is 0 Å². The number of ether oxygens (including phenoxy) is 2. The lowest BCUT2D eigenvalue weighted by atomic mass is 9.96. The van der Waals surface area contributed by atoms with Gasteiger partial charge in [-0.05, 0) is 6.92 Å². The van der Waals surface area contributed by atoms with Gasteiger partial charge in [-0.1, -0.05) is 60.7 Å². The molecule has 0 bridgehead atoms. The number of hydrogen-bond acceptors (Lipinski definition) is 3. The zero-order valence-electron chi connectivity index (χ0n) is 11.3. The number of ketones is 1. The van der Waals surface area contributed by atoms with Crippen molar-refractivity contribution in [2.45, 2.75) is 18.8 Å². The van der Waals surface area contributed by atoms with Crippen LogP contribution < -0.4 is 0 Å². The Morgan fingerprint density at radius 1 is 1.05 bits per heavy atom. The molecule has 1 saturated heterocycles. The predicted molar refractivity (Wildman–Crippen MR) is 75.4 cm³/mol. The Balaban J connectivity index is 2.06. The van der Waals surface area contributed by atoms with E-state index < -0.39 is 5.79 Å². The molecule has 2 atom stereocenters. The van der Waals surface area contributed by atoms with E-state index >= 15 is 0 Å². The maximum absolute atomic E-state index is 12.9. The fourth-order valence-electron chi connectivity index (χ4n) is 2.42. The van der Waals surface area contributed by atoms with Gasteiger partial charge >= 0.3 is 0 Å². The predicted octanol–water partition coefficient (Wildman–Crippen LogP) is 3.16. The molecule has 20 heavy (non-hydrogen) atoms. The number of rotatable bonds is 3. The molecule has 0 spiro atoms. The number of hydrogen-bond donors (Lipinski definition) is 0. The Bertz CT molecular complexity index is 594. The quantitative estimate of drug-likeness (QED) is 0.802. The highest BCUT2D eigenvalue weighted by Gasteiger charge is 2.48. The molecule has 102 valence electrons. The standard InChI is InChI=1S/C17H16O3/c1-13-12-19-17(20-13,15-10-6-3-7-11-15)16(18)14-8-4-2-5-9-14/h2-11,13H,12H2,1H3. The molecule has 3 nitrogen and oxygen atoms in total. The summed E-state index contributed by atoms with van der Waals surface area (Å²) in [5, 5.41) is 0. The molecule has 0 saturated carbocycles. The van der Waals surface area contributed by atoms with Crippen LogP contribution in [0.2, 0.25) is 0 Å². The first-order valence-corrected chi connectivity index (χ1v) is 6.69. The third-order valence-electron chi connectivity index (χ3n) is 3.38. The second-order valence-electron chi connectivity index (χ2n) is 4.92. The number of Topliss-reactive ketones (excluding diaryl/α,β-unsaturated/α-hetero) is 1. The van der Waals surface area contributed by atoms with Crippen molar-refractivity contribution >= 4 is 5.78 Å². The van der Waals surface area contributed by atoms with Crippen molar-refractivity contribution in [3.8, 4) is 0 Å². The summed E-state index contributed by atoms with van der Waals surface area (Å²) in [5.74, 6) is -1.48. The fraction of sp³-hybridized carbons (Fsp3) is 0.235. The fourth-order valence-corrected chi connectivity index (χ4v) is 2.42. The number of carbonyl (C=O) groups excluding carboxylic acids is 1. The van der Waals surface area contributed by atoms with E-state index in [2.05, 4.69) is 0 Å². The highest BCUT2D eigenvalue weighted by Crippen LogP contribution is 2.37. The average molecular weight is 268 g/mol. The Kier molecular flexibility index (Phi) is 3.38. The molecule has 0 radical (unpaired) electrons. The lowest BCUT2D eigenvalue weighted by molar-refractivity contribution is -0.135. The molecule has 1 aliphatic heterocycles. The van der Waals surface area contributed by atoms with Crippen molar-refractivity contribution in [3.05, 3.63) is 71.8 Å². The van der Waals surface area contributed by atoms with Crippen LogP contribution in [0.15, 0.2) is 60.7 Å². The normalized spacial score (nSPS) is 25.6.